The summed E-state index contributed by atoms with van der Waals surface area (Å²) in [5.41, 5.74) is 2.72. The summed E-state index contributed by atoms with van der Waals surface area (Å²) in [6.07, 6.45) is 3.81. The van der Waals surface area contributed by atoms with Crippen LogP contribution in [0.3, 0.4) is 0 Å². The number of amides is 1. The number of halogens is 2. The molecule has 1 unspecified atom stereocenters. The maximum atomic E-state index is 12.8. The number of hydrogen-bond donors (Lipinski definition) is 1. The first-order valence-electron chi connectivity index (χ1n) is 8.87. The average Bonchev–Trinajstić information content (AvgIpc) is 3.47. The van der Waals surface area contributed by atoms with E-state index in [1.807, 2.05) is 12.1 Å². The highest BCUT2D eigenvalue weighted by atomic mass is 19.3. The van der Waals surface area contributed by atoms with E-state index in [2.05, 4.69) is 11.9 Å². The van der Waals surface area contributed by atoms with E-state index >= 15 is 0 Å². The van der Waals surface area contributed by atoms with Crippen molar-refractivity contribution in [3.8, 4) is 22.6 Å². The zero-order chi connectivity index (χ0) is 19.0. The number of anilines is 1. The van der Waals surface area contributed by atoms with Gasteiger partial charge in [-0.3, -0.25) is 4.79 Å². The lowest BCUT2D eigenvalue weighted by Crippen LogP contribution is -2.17. The SMILES string of the molecule is C=CCC1Oc2cccc(OC(F)F)c2-c2ccc(NC(=O)C3CC3)cc21. The average molecular weight is 371 g/mol. The van der Waals surface area contributed by atoms with Gasteiger partial charge >= 0.3 is 6.61 Å². The van der Waals surface area contributed by atoms with Gasteiger partial charge in [0.05, 0.1) is 5.56 Å². The van der Waals surface area contributed by atoms with Crippen LogP contribution in [-0.4, -0.2) is 12.5 Å². The number of alkyl halides is 2. The van der Waals surface area contributed by atoms with E-state index in [1.165, 1.54) is 6.07 Å². The first-order chi connectivity index (χ1) is 13.1. The third kappa shape index (κ3) is 3.52. The Labute approximate surface area is 155 Å². The van der Waals surface area contributed by atoms with Gasteiger partial charge in [-0.2, -0.15) is 8.78 Å². The summed E-state index contributed by atoms with van der Waals surface area (Å²) in [4.78, 5) is 12.1. The quantitative estimate of drug-likeness (QED) is 0.700. The fourth-order valence-corrected chi connectivity index (χ4v) is 3.34. The van der Waals surface area contributed by atoms with Crippen LogP contribution in [0.25, 0.3) is 11.1 Å². The maximum Gasteiger partial charge on any atom is 0.387 e. The van der Waals surface area contributed by atoms with Gasteiger partial charge in [0.25, 0.3) is 0 Å². The van der Waals surface area contributed by atoms with Crippen LogP contribution in [0.15, 0.2) is 49.1 Å². The van der Waals surface area contributed by atoms with Gasteiger partial charge in [-0.15, -0.1) is 6.58 Å². The van der Waals surface area contributed by atoms with E-state index in [-0.39, 0.29) is 23.7 Å². The van der Waals surface area contributed by atoms with E-state index in [4.69, 9.17) is 9.47 Å². The van der Waals surface area contributed by atoms with Crippen molar-refractivity contribution in [1.29, 1.82) is 0 Å². The van der Waals surface area contributed by atoms with Crippen LogP contribution in [-0.2, 0) is 4.79 Å². The Morgan fingerprint density at radius 3 is 2.85 bits per heavy atom. The molecule has 0 radical (unpaired) electrons. The molecule has 1 fully saturated rings. The van der Waals surface area contributed by atoms with Crippen molar-refractivity contribution in [1.82, 2.24) is 0 Å². The Hall–Kier alpha value is -2.89. The van der Waals surface area contributed by atoms with Crippen molar-refractivity contribution in [2.24, 2.45) is 5.92 Å². The third-order valence-electron chi connectivity index (χ3n) is 4.74. The third-order valence-corrected chi connectivity index (χ3v) is 4.74. The fraction of sp³-hybridized carbons (Fsp3) is 0.286. The second kappa shape index (κ2) is 7.02. The molecule has 2 aromatic carbocycles. The van der Waals surface area contributed by atoms with Crippen molar-refractivity contribution in [2.75, 3.05) is 5.32 Å². The highest BCUT2D eigenvalue weighted by Crippen LogP contribution is 2.49. The van der Waals surface area contributed by atoms with Gasteiger partial charge in [0.15, 0.2) is 0 Å². The molecule has 1 heterocycles. The Balaban J connectivity index is 1.76. The standard InChI is InChI=1S/C21H19F2NO3/c1-2-4-16-15-11-13(24-20(25)12-7-8-12)9-10-14(15)19-17(26-16)5-3-6-18(19)27-21(22)23/h2-3,5-6,9-12,16,21H,1,4,7-8H2,(H,24,25). The molecule has 0 spiro atoms. The number of nitrogens with one attached hydrogen (secondary N) is 1. The summed E-state index contributed by atoms with van der Waals surface area (Å²) < 4.78 is 36.4. The van der Waals surface area contributed by atoms with Crippen LogP contribution in [0.5, 0.6) is 11.5 Å². The van der Waals surface area contributed by atoms with Gasteiger partial charge in [-0.05, 0) is 42.7 Å². The number of carbonyl (C=O) groups is 1. The van der Waals surface area contributed by atoms with Crippen LogP contribution in [0, 0.1) is 5.92 Å². The van der Waals surface area contributed by atoms with Crippen LogP contribution < -0.4 is 14.8 Å². The predicted molar refractivity (Wildman–Crippen MR) is 98.0 cm³/mol. The molecule has 0 bridgehead atoms. The molecule has 27 heavy (non-hydrogen) atoms. The molecule has 4 rings (SSSR count). The van der Waals surface area contributed by atoms with Crippen LogP contribution in [0.2, 0.25) is 0 Å². The molecule has 0 aromatic heterocycles. The normalized spacial score (nSPS) is 17.5. The number of rotatable bonds is 6. The van der Waals surface area contributed by atoms with Gasteiger partial charge < -0.3 is 14.8 Å². The number of ether oxygens (including phenoxy) is 2. The van der Waals surface area contributed by atoms with Gasteiger partial charge in [-0.25, -0.2) is 0 Å². The second-order valence-corrected chi connectivity index (χ2v) is 6.70. The highest BCUT2D eigenvalue weighted by Gasteiger charge is 2.31. The largest absolute Gasteiger partial charge is 0.485 e. The Kier molecular flexibility index (Phi) is 4.56. The number of benzene rings is 2. The topological polar surface area (TPSA) is 47.6 Å². The Morgan fingerprint density at radius 1 is 1.33 bits per heavy atom. The van der Waals surface area contributed by atoms with Gasteiger partial charge in [-0.1, -0.05) is 18.2 Å². The van der Waals surface area contributed by atoms with Gasteiger partial charge in [0.1, 0.15) is 17.6 Å². The van der Waals surface area contributed by atoms with Gasteiger partial charge in [0.2, 0.25) is 5.91 Å². The van der Waals surface area contributed by atoms with E-state index < -0.39 is 6.61 Å². The van der Waals surface area contributed by atoms with E-state index in [1.54, 1.807) is 24.3 Å². The Bertz CT molecular complexity index is 893. The van der Waals surface area contributed by atoms with Gasteiger partial charge in [0, 0.05) is 23.6 Å². The van der Waals surface area contributed by atoms with Crippen LogP contribution in [0.1, 0.15) is 30.9 Å². The molecule has 4 nitrogen and oxygen atoms in total. The van der Waals surface area contributed by atoms with Crippen molar-refractivity contribution in [2.45, 2.75) is 32.0 Å². The molecule has 1 saturated carbocycles. The molecule has 1 amide bonds. The van der Waals surface area contributed by atoms with Crippen molar-refractivity contribution in [3.63, 3.8) is 0 Å². The zero-order valence-corrected chi connectivity index (χ0v) is 14.6. The number of carbonyl (C=O) groups excluding carboxylic acids is 1. The molecule has 1 atom stereocenters. The number of hydrogen-bond acceptors (Lipinski definition) is 3. The molecule has 1 aliphatic heterocycles. The van der Waals surface area contributed by atoms with E-state index in [0.717, 1.165) is 24.0 Å². The summed E-state index contributed by atoms with van der Waals surface area (Å²) in [6.45, 7) is 0.841. The molecule has 2 aliphatic rings. The summed E-state index contributed by atoms with van der Waals surface area (Å²) in [7, 11) is 0. The highest BCUT2D eigenvalue weighted by molar-refractivity contribution is 5.95. The predicted octanol–water partition coefficient (Wildman–Crippen LogP) is 5.31. The molecule has 2 aromatic rings. The minimum Gasteiger partial charge on any atom is -0.485 e. The molecule has 1 aliphatic carbocycles. The monoisotopic (exact) mass is 371 g/mol. The molecule has 1 N–H and O–H groups in total. The minimum absolute atomic E-state index is 0.00840. The first-order valence-corrected chi connectivity index (χ1v) is 8.87. The summed E-state index contributed by atoms with van der Waals surface area (Å²) in [5, 5.41) is 2.92. The molecule has 6 heteroatoms. The molecular weight excluding hydrogens is 352 g/mol. The fourth-order valence-electron chi connectivity index (χ4n) is 3.34. The minimum atomic E-state index is -2.93. The molecule has 140 valence electrons. The lowest BCUT2D eigenvalue weighted by atomic mass is 9.90. The smallest absolute Gasteiger partial charge is 0.387 e. The summed E-state index contributed by atoms with van der Waals surface area (Å²) in [6, 6.07) is 10.3. The van der Waals surface area contributed by atoms with Crippen molar-refractivity contribution in [3.05, 3.63) is 54.6 Å². The Morgan fingerprint density at radius 2 is 2.15 bits per heavy atom. The molecular formula is C21H19F2NO3. The van der Waals surface area contributed by atoms with Crippen molar-refractivity contribution < 1.29 is 23.0 Å². The van der Waals surface area contributed by atoms with Crippen LogP contribution >= 0.6 is 0 Å². The molecule has 0 saturated heterocycles. The van der Waals surface area contributed by atoms with E-state index in [9.17, 15) is 13.6 Å². The lowest BCUT2D eigenvalue weighted by molar-refractivity contribution is -0.117. The van der Waals surface area contributed by atoms with E-state index in [0.29, 0.717) is 23.4 Å². The number of fused-ring (bicyclic) bond motifs is 3. The first kappa shape index (κ1) is 17.5. The second-order valence-electron chi connectivity index (χ2n) is 6.70. The summed E-state index contributed by atoms with van der Waals surface area (Å²) >= 11 is 0. The maximum absolute atomic E-state index is 12.8. The van der Waals surface area contributed by atoms with Crippen LogP contribution in [0.4, 0.5) is 14.5 Å². The lowest BCUT2D eigenvalue weighted by Gasteiger charge is -2.30. The summed E-state index contributed by atoms with van der Waals surface area (Å²) in [5.74, 6) is 0.653. The zero-order valence-electron chi connectivity index (χ0n) is 14.6. The van der Waals surface area contributed by atoms with Crippen molar-refractivity contribution >= 4 is 11.6 Å².